The highest BCUT2D eigenvalue weighted by molar-refractivity contribution is 4.67. The van der Waals surface area contributed by atoms with E-state index in [1.54, 1.807) is 0 Å². The lowest BCUT2D eigenvalue weighted by Crippen LogP contribution is -2.33. The van der Waals surface area contributed by atoms with Gasteiger partial charge >= 0.3 is 0 Å². The molecule has 11 heteroatoms. The zero-order valence-corrected chi connectivity index (χ0v) is 23.8. The molecule has 1 heterocycles. The quantitative estimate of drug-likeness (QED) is 0.127. The Bertz CT molecular complexity index is 444. The molecule has 0 aliphatic carbocycles. The van der Waals surface area contributed by atoms with Crippen molar-refractivity contribution in [3.05, 3.63) is 0 Å². The van der Waals surface area contributed by atoms with Crippen LogP contribution in [-0.4, -0.2) is 145 Å². The minimum atomic E-state index is 0.378. The van der Waals surface area contributed by atoms with Gasteiger partial charge in [0.25, 0.3) is 0 Å². The third-order valence-corrected chi connectivity index (χ3v) is 5.49. The Labute approximate surface area is 230 Å². The lowest BCUT2D eigenvalue weighted by atomic mass is 10.1. The second-order valence-corrected chi connectivity index (χ2v) is 8.69. The Morgan fingerprint density at radius 2 is 0.711 bits per heavy atom. The van der Waals surface area contributed by atoms with Crippen LogP contribution in [0.3, 0.4) is 0 Å². The van der Waals surface area contributed by atoms with E-state index in [1.807, 2.05) is 0 Å². The van der Waals surface area contributed by atoms with Gasteiger partial charge in [-0.25, -0.2) is 0 Å². The van der Waals surface area contributed by atoms with Gasteiger partial charge in [-0.3, -0.25) is 0 Å². The smallest absolute Gasteiger partial charge is 0.0704 e. The van der Waals surface area contributed by atoms with Gasteiger partial charge in [0.05, 0.1) is 125 Å². The zero-order valence-electron chi connectivity index (χ0n) is 23.8. The first kappa shape index (κ1) is 35.6. The van der Waals surface area contributed by atoms with Crippen molar-refractivity contribution in [3.63, 3.8) is 0 Å². The SMILES string of the molecule is CCCCOCCOCCOCCOCCOCCOCCOCCOCCOCCOC1CCNCC1. The van der Waals surface area contributed by atoms with E-state index >= 15 is 0 Å². The summed E-state index contributed by atoms with van der Waals surface area (Å²) in [5.41, 5.74) is 0. The van der Waals surface area contributed by atoms with Crippen LogP contribution >= 0.6 is 0 Å². The predicted molar refractivity (Wildman–Crippen MR) is 144 cm³/mol. The molecule has 1 rings (SSSR count). The van der Waals surface area contributed by atoms with Crippen molar-refractivity contribution in [2.24, 2.45) is 0 Å². The van der Waals surface area contributed by atoms with Crippen LogP contribution in [0, 0.1) is 0 Å². The topological polar surface area (TPSA) is 104 Å². The van der Waals surface area contributed by atoms with Crippen molar-refractivity contribution in [2.75, 3.05) is 139 Å². The molecular weight excluding hydrogens is 498 g/mol. The fourth-order valence-corrected chi connectivity index (χ4v) is 3.34. The Hall–Kier alpha value is -0.440. The Kier molecular flexibility index (Phi) is 29.1. The van der Waals surface area contributed by atoms with E-state index < -0.39 is 0 Å². The van der Waals surface area contributed by atoms with E-state index in [9.17, 15) is 0 Å². The van der Waals surface area contributed by atoms with Crippen molar-refractivity contribution >= 4 is 0 Å². The Morgan fingerprint density at radius 3 is 1.03 bits per heavy atom. The fourth-order valence-electron chi connectivity index (χ4n) is 3.34. The summed E-state index contributed by atoms with van der Waals surface area (Å²) in [6, 6.07) is 0. The highest BCUT2D eigenvalue weighted by Crippen LogP contribution is 2.06. The molecule has 0 radical (unpaired) electrons. The number of hydrogen-bond donors (Lipinski definition) is 1. The molecule has 38 heavy (non-hydrogen) atoms. The second kappa shape index (κ2) is 31.1. The van der Waals surface area contributed by atoms with Crippen LogP contribution in [0.4, 0.5) is 0 Å². The van der Waals surface area contributed by atoms with Crippen LogP contribution in [0.1, 0.15) is 32.6 Å². The predicted octanol–water partition coefficient (Wildman–Crippen LogP) is 1.70. The molecule has 0 bridgehead atoms. The number of ether oxygens (including phenoxy) is 10. The maximum absolute atomic E-state index is 5.78. The number of nitrogens with one attached hydrogen (secondary N) is 1. The van der Waals surface area contributed by atoms with Crippen LogP contribution in [0.5, 0.6) is 0 Å². The van der Waals surface area contributed by atoms with Crippen molar-refractivity contribution in [3.8, 4) is 0 Å². The number of unbranched alkanes of at least 4 members (excludes halogenated alkanes) is 1. The molecule has 1 saturated heterocycles. The molecule has 11 nitrogen and oxygen atoms in total. The molecule has 0 aromatic carbocycles. The summed E-state index contributed by atoms with van der Waals surface area (Å²) in [6.45, 7) is 15.2. The lowest BCUT2D eigenvalue weighted by molar-refractivity contribution is -0.0321. The normalized spacial score (nSPS) is 14.4. The van der Waals surface area contributed by atoms with Gasteiger partial charge in [-0.1, -0.05) is 13.3 Å². The van der Waals surface area contributed by atoms with Crippen LogP contribution < -0.4 is 5.32 Å². The maximum Gasteiger partial charge on any atom is 0.0704 e. The van der Waals surface area contributed by atoms with Crippen molar-refractivity contribution < 1.29 is 47.4 Å². The minimum absolute atomic E-state index is 0.378. The summed E-state index contributed by atoms with van der Waals surface area (Å²) >= 11 is 0. The molecule has 0 aromatic rings. The third-order valence-electron chi connectivity index (χ3n) is 5.49. The summed E-state index contributed by atoms with van der Waals surface area (Å²) in [5, 5.41) is 3.33. The maximum atomic E-state index is 5.78. The molecule has 0 spiro atoms. The van der Waals surface area contributed by atoms with Gasteiger partial charge < -0.3 is 52.7 Å². The summed E-state index contributed by atoms with van der Waals surface area (Å²) in [6.07, 6.45) is 4.80. The summed E-state index contributed by atoms with van der Waals surface area (Å²) in [7, 11) is 0. The van der Waals surface area contributed by atoms with Gasteiger partial charge in [-0.2, -0.15) is 0 Å². The molecule has 0 saturated carbocycles. The zero-order chi connectivity index (χ0) is 27.0. The van der Waals surface area contributed by atoms with Crippen LogP contribution in [-0.2, 0) is 47.4 Å². The van der Waals surface area contributed by atoms with Gasteiger partial charge in [0.2, 0.25) is 0 Å². The van der Waals surface area contributed by atoms with Crippen LogP contribution in [0.2, 0.25) is 0 Å². The van der Waals surface area contributed by atoms with Crippen molar-refractivity contribution in [1.82, 2.24) is 5.32 Å². The lowest BCUT2D eigenvalue weighted by Gasteiger charge is -2.22. The number of rotatable bonds is 31. The average molecular weight is 554 g/mol. The van der Waals surface area contributed by atoms with E-state index in [-0.39, 0.29) is 0 Å². The highest BCUT2D eigenvalue weighted by Gasteiger charge is 2.12. The van der Waals surface area contributed by atoms with E-state index in [2.05, 4.69) is 12.2 Å². The molecule has 0 atom stereocenters. The van der Waals surface area contributed by atoms with Gasteiger partial charge in [0.1, 0.15) is 0 Å². The summed E-state index contributed by atoms with van der Waals surface area (Å²) in [5.74, 6) is 0. The van der Waals surface area contributed by atoms with Crippen LogP contribution in [0.25, 0.3) is 0 Å². The molecule has 1 fully saturated rings. The Balaban J connectivity index is 1.61. The molecular formula is C27H55NO10. The molecule has 1 aliphatic heterocycles. The molecule has 1 aliphatic rings. The second-order valence-electron chi connectivity index (χ2n) is 8.69. The molecule has 1 N–H and O–H groups in total. The monoisotopic (exact) mass is 553 g/mol. The van der Waals surface area contributed by atoms with E-state index in [1.165, 1.54) is 0 Å². The minimum Gasteiger partial charge on any atom is -0.379 e. The van der Waals surface area contributed by atoms with Gasteiger partial charge in [-0.15, -0.1) is 0 Å². The van der Waals surface area contributed by atoms with E-state index in [0.29, 0.717) is 125 Å². The highest BCUT2D eigenvalue weighted by atomic mass is 16.6. The third kappa shape index (κ3) is 27.1. The van der Waals surface area contributed by atoms with E-state index in [4.69, 9.17) is 47.4 Å². The Morgan fingerprint density at radius 1 is 0.421 bits per heavy atom. The number of hydrogen-bond acceptors (Lipinski definition) is 11. The van der Waals surface area contributed by atoms with Gasteiger partial charge in [0.15, 0.2) is 0 Å². The van der Waals surface area contributed by atoms with E-state index in [0.717, 1.165) is 45.4 Å². The molecule has 0 aromatic heterocycles. The standard InChI is InChI=1S/C27H55NO10/c1-2-3-8-29-9-10-30-11-12-31-13-14-32-15-16-33-17-18-34-19-20-35-21-22-36-23-24-37-25-26-38-27-4-6-28-7-5-27/h27-28H,2-26H2,1H3. The fraction of sp³-hybridized carbons (Fsp3) is 1.00. The van der Waals surface area contributed by atoms with Crippen molar-refractivity contribution in [1.29, 1.82) is 0 Å². The number of piperidine rings is 1. The van der Waals surface area contributed by atoms with Gasteiger partial charge in [0, 0.05) is 6.61 Å². The van der Waals surface area contributed by atoms with Gasteiger partial charge in [-0.05, 0) is 32.4 Å². The molecule has 228 valence electrons. The first-order chi connectivity index (χ1) is 18.9. The largest absolute Gasteiger partial charge is 0.379 e. The average Bonchev–Trinajstić information content (AvgIpc) is 2.94. The summed E-state index contributed by atoms with van der Waals surface area (Å²) in [4.78, 5) is 0. The summed E-state index contributed by atoms with van der Waals surface area (Å²) < 4.78 is 55.0. The first-order valence-electron chi connectivity index (χ1n) is 14.5. The van der Waals surface area contributed by atoms with Crippen molar-refractivity contribution in [2.45, 2.75) is 38.7 Å². The van der Waals surface area contributed by atoms with Crippen LogP contribution in [0.15, 0.2) is 0 Å². The first-order valence-corrected chi connectivity index (χ1v) is 14.5. The molecule has 0 unspecified atom stereocenters. The molecule has 0 amide bonds.